The van der Waals surface area contributed by atoms with Crippen LogP contribution in [0.4, 0.5) is 5.69 Å². The van der Waals surface area contributed by atoms with Crippen LogP contribution in [-0.4, -0.2) is 57.7 Å². The van der Waals surface area contributed by atoms with Crippen molar-refractivity contribution in [3.63, 3.8) is 0 Å². The van der Waals surface area contributed by atoms with Crippen molar-refractivity contribution < 1.29 is 13.2 Å². The second-order valence-corrected chi connectivity index (χ2v) is 7.60. The van der Waals surface area contributed by atoms with Crippen molar-refractivity contribution in [1.82, 2.24) is 9.62 Å². The normalized spacial score (nSPS) is 15.9. The summed E-state index contributed by atoms with van der Waals surface area (Å²) < 4.78 is 25.0. The van der Waals surface area contributed by atoms with E-state index in [9.17, 15) is 13.2 Å². The van der Waals surface area contributed by atoms with Gasteiger partial charge in [-0.25, -0.2) is 13.1 Å². The number of sulfonamides is 1. The van der Waals surface area contributed by atoms with Crippen LogP contribution in [0.5, 0.6) is 0 Å². The Morgan fingerprint density at radius 2 is 1.77 bits per heavy atom. The van der Waals surface area contributed by atoms with Crippen LogP contribution in [0.15, 0.2) is 24.3 Å². The maximum atomic E-state index is 12.0. The van der Waals surface area contributed by atoms with E-state index >= 15 is 0 Å². The number of anilines is 1. The summed E-state index contributed by atoms with van der Waals surface area (Å²) in [5.41, 5.74) is 1.07. The predicted octanol–water partition coefficient (Wildman–Crippen LogP) is 0.928. The summed E-state index contributed by atoms with van der Waals surface area (Å²) in [4.78, 5) is 15.9. The number of hydrogen-bond donors (Lipinski definition) is 1. The Bertz CT molecular complexity index is 611. The third-order valence-corrected chi connectivity index (χ3v) is 5.24. The Labute approximate surface area is 136 Å². The van der Waals surface area contributed by atoms with Crippen LogP contribution in [0.3, 0.4) is 0 Å². The molecule has 0 radical (unpaired) electrons. The van der Waals surface area contributed by atoms with Gasteiger partial charge in [-0.05, 0) is 31.2 Å². The summed E-state index contributed by atoms with van der Waals surface area (Å²) in [6.07, 6.45) is 0. The zero-order chi connectivity index (χ0) is 16.2. The average molecular weight is 346 g/mol. The number of nitrogens with one attached hydrogen (secondary N) is 1. The lowest BCUT2D eigenvalue weighted by Gasteiger charge is -2.36. The number of piperazine rings is 1. The van der Waals surface area contributed by atoms with E-state index in [1.54, 1.807) is 4.90 Å². The van der Waals surface area contributed by atoms with Crippen molar-refractivity contribution in [3.05, 3.63) is 29.3 Å². The second kappa shape index (κ2) is 7.30. The predicted molar refractivity (Wildman–Crippen MR) is 87.7 cm³/mol. The highest BCUT2D eigenvalue weighted by Crippen LogP contribution is 2.19. The van der Waals surface area contributed by atoms with Crippen LogP contribution in [-0.2, 0) is 14.8 Å². The quantitative estimate of drug-likeness (QED) is 0.862. The highest BCUT2D eigenvalue weighted by Gasteiger charge is 2.22. The van der Waals surface area contributed by atoms with Crippen LogP contribution < -0.4 is 9.62 Å². The molecule has 0 aliphatic carbocycles. The molecule has 0 spiro atoms. The van der Waals surface area contributed by atoms with Gasteiger partial charge in [-0.1, -0.05) is 11.6 Å². The number of carbonyl (C=O) groups is 1. The minimum Gasteiger partial charge on any atom is -0.368 e. The summed E-state index contributed by atoms with van der Waals surface area (Å²) >= 11 is 5.87. The molecule has 1 aliphatic heterocycles. The maximum Gasteiger partial charge on any atom is 0.237 e. The van der Waals surface area contributed by atoms with E-state index in [-0.39, 0.29) is 18.2 Å². The first-order valence-corrected chi connectivity index (χ1v) is 9.20. The van der Waals surface area contributed by atoms with Gasteiger partial charge in [0.15, 0.2) is 0 Å². The molecule has 1 aromatic rings. The van der Waals surface area contributed by atoms with Gasteiger partial charge in [0.2, 0.25) is 15.9 Å². The molecule has 0 atom stereocenters. The molecule has 6 nitrogen and oxygen atoms in total. The Morgan fingerprint density at radius 1 is 1.18 bits per heavy atom. The molecule has 1 N–H and O–H groups in total. The molecular formula is C14H20ClN3O3S. The molecule has 1 fully saturated rings. The smallest absolute Gasteiger partial charge is 0.237 e. The number of hydrogen-bond acceptors (Lipinski definition) is 4. The average Bonchev–Trinajstić information content (AvgIpc) is 2.54. The van der Waals surface area contributed by atoms with E-state index in [0.717, 1.165) is 5.69 Å². The topological polar surface area (TPSA) is 69.7 Å². The van der Waals surface area contributed by atoms with Gasteiger partial charge in [0.1, 0.15) is 0 Å². The fraction of sp³-hybridized carbons (Fsp3) is 0.500. The van der Waals surface area contributed by atoms with Gasteiger partial charge in [-0.15, -0.1) is 0 Å². The lowest BCUT2D eigenvalue weighted by molar-refractivity contribution is -0.130. The number of nitrogens with zero attached hydrogens (tertiary/aromatic N) is 2. The summed E-state index contributed by atoms with van der Waals surface area (Å²) in [7, 11) is -3.33. The number of halogens is 1. The molecule has 0 bridgehead atoms. The maximum absolute atomic E-state index is 12.0. The zero-order valence-electron chi connectivity index (χ0n) is 12.5. The number of rotatable bonds is 5. The van der Waals surface area contributed by atoms with Crippen LogP contribution in [0.1, 0.15) is 6.92 Å². The second-order valence-electron chi connectivity index (χ2n) is 5.07. The van der Waals surface area contributed by atoms with Crippen molar-refractivity contribution in [3.8, 4) is 0 Å². The monoisotopic (exact) mass is 345 g/mol. The molecule has 122 valence electrons. The molecule has 2 rings (SSSR count). The van der Waals surface area contributed by atoms with E-state index in [1.807, 2.05) is 24.3 Å². The highest BCUT2D eigenvalue weighted by molar-refractivity contribution is 7.89. The first-order valence-electron chi connectivity index (χ1n) is 7.17. The zero-order valence-corrected chi connectivity index (χ0v) is 14.0. The van der Waals surface area contributed by atoms with Crippen molar-refractivity contribution in [1.29, 1.82) is 0 Å². The summed E-state index contributed by atoms with van der Waals surface area (Å²) in [5, 5.41) is 0.695. The molecule has 0 aromatic heterocycles. The number of amides is 1. The largest absolute Gasteiger partial charge is 0.368 e. The van der Waals surface area contributed by atoms with Gasteiger partial charge in [0.25, 0.3) is 0 Å². The third-order valence-electron chi connectivity index (χ3n) is 3.65. The van der Waals surface area contributed by atoms with Gasteiger partial charge >= 0.3 is 0 Å². The van der Waals surface area contributed by atoms with Gasteiger partial charge in [0.05, 0.1) is 12.3 Å². The van der Waals surface area contributed by atoms with E-state index in [0.29, 0.717) is 31.2 Å². The standard InChI is InChI=1S/C14H20ClN3O3S/c1-2-22(20,21)16-11-14(19)18-9-7-17(8-10-18)13-5-3-12(15)4-6-13/h3-6,16H,2,7-11H2,1H3. The molecular weight excluding hydrogens is 326 g/mol. The molecule has 22 heavy (non-hydrogen) atoms. The van der Waals surface area contributed by atoms with Crippen molar-refractivity contribution in [2.75, 3.05) is 43.4 Å². The van der Waals surface area contributed by atoms with Crippen LogP contribution in [0.2, 0.25) is 5.02 Å². The molecule has 8 heteroatoms. The summed E-state index contributed by atoms with van der Waals surface area (Å²) in [6, 6.07) is 7.59. The lowest BCUT2D eigenvalue weighted by Crippen LogP contribution is -2.51. The van der Waals surface area contributed by atoms with Crippen LogP contribution in [0, 0.1) is 0 Å². The SMILES string of the molecule is CCS(=O)(=O)NCC(=O)N1CCN(c2ccc(Cl)cc2)CC1. The minimum atomic E-state index is -3.33. The lowest BCUT2D eigenvalue weighted by atomic mass is 10.2. The van der Waals surface area contributed by atoms with Crippen LogP contribution in [0.25, 0.3) is 0 Å². The van der Waals surface area contributed by atoms with Crippen molar-refractivity contribution >= 4 is 33.2 Å². The Balaban J connectivity index is 1.84. The Kier molecular flexibility index (Phi) is 5.66. The molecule has 1 heterocycles. The number of benzene rings is 1. The highest BCUT2D eigenvalue weighted by atomic mass is 35.5. The fourth-order valence-electron chi connectivity index (χ4n) is 2.25. The molecule has 0 saturated carbocycles. The summed E-state index contributed by atoms with van der Waals surface area (Å²) in [6.45, 7) is 3.96. The van der Waals surface area contributed by atoms with Gasteiger partial charge < -0.3 is 9.80 Å². The third kappa shape index (κ3) is 4.59. The molecule has 1 aliphatic rings. The Morgan fingerprint density at radius 3 is 2.32 bits per heavy atom. The van der Waals surface area contributed by atoms with E-state index < -0.39 is 10.0 Å². The van der Waals surface area contributed by atoms with Gasteiger partial charge in [-0.3, -0.25) is 4.79 Å². The van der Waals surface area contributed by atoms with E-state index in [4.69, 9.17) is 11.6 Å². The summed E-state index contributed by atoms with van der Waals surface area (Å²) in [5.74, 6) is -0.210. The fourth-order valence-corrected chi connectivity index (χ4v) is 2.93. The van der Waals surface area contributed by atoms with Crippen LogP contribution >= 0.6 is 11.6 Å². The molecule has 1 saturated heterocycles. The van der Waals surface area contributed by atoms with E-state index in [1.165, 1.54) is 6.92 Å². The molecule has 1 aromatic carbocycles. The van der Waals surface area contributed by atoms with Gasteiger partial charge in [-0.2, -0.15) is 0 Å². The Hall–Kier alpha value is -1.31. The van der Waals surface area contributed by atoms with E-state index in [2.05, 4.69) is 9.62 Å². The van der Waals surface area contributed by atoms with Crippen molar-refractivity contribution in [2.24, 2.45) is 0 Å². The first kappa shape index (κ1) is 17.1. The van der Waals surface area contributed by atoms with Gasteiger partial charge in [0, 0.05) is 36.9 Å². The van der Waals surface area contributed by atoms with Crippen molar-refractivity contribution in [2.45, 2.75) is 6.92 Å². The number of carbonyl (C=O) groups excluding carboxylic acids is 1. The minimum absolute atomic E-state index is 0.0232. The molecule has 1 amide bonds. The molecule has 0 unspecified atom stereocenters. The first-order chi connectivity index (χ1) is 10.4.